The Morgan fingerprint density at radius 3 is 2.46 bits per heavy atom. The minimum atomic E-state index is -3.74. The zero-order chi connectivity index (χ0) is 24.8. The summed E-state index contributed by atoms with van der Waals surface area (Å²) in [5.74, 6) is 0.872. The van der Waals surface area contributed by atoms with Crippen LogP contribution in [-0.2, 0) is 28.0 Å². The summed E-state index contributed by atoms with van der Waals surface area (Å²) in [6, 6.07) is 21.3. The van der Waals surface area contributed by atoms with Gasteiger partial charge in [-0.05, 0) is 55.2 Å². The van der Waals surface area contributed by atoms with Crippen LogP contribution in [0.5, 0.6) is 11.5 Å². The first-order valence-corrected chi connectivity index (χ1v) is 13.0. The monoisotopic (exact) mass is 494 g/mol. The van der Waals surface area contributed by atoms with Gasteiger partial charge in [-0.15, -0.1) is 0 Å². The smallest absolute Gasteiger partial charge is 0.243 e. The van der Waals surface area contributed by atoms with Crippen LogP contribution in [0.25, 0.3) is 0 Å². The van der Waals surface area contributed by atoms with Gasteiger partial charge in [0.25, 0.3) is 0 Å². The maximum Gasteiger partial charge on any atom is 0.243 e. The molecule has 7 nitrogen and oxygen atoms in total. The molecule has 0 radical (unpaired) electrons. The second kappa shape index (κ2) is 10.9. The number of amides is 1. The summed E-state index contributed by atoms with van der Waals surface area (Å²) >= 11 is 0. The van der Waals surface area contributed by atoms with Crippen molar-refractivity contribution in [3.05, 3.63) is 89.5 Å². The second-order valence-electron chi connectivity index (χ2n) is 8.56. The van der Waals surface area contributed by atoms with Gasteiger partial charge in [-0.25, -0.2) is 8.42 Å². The molecule has 4 rings (SSSR count). The molecule has 1 aliphatic heterocycles. The Morgan fingerprint density at radius 2 is 1.74 bits per heavy atom. The Hall–Kier alpha value is -3.36. The van der Waals surface area contributed by atoms with Crippen LogP contribution in [0.2, 0.25) is 0 Å². The van der Waals surface area contributed by atoms with E-state index in [2.05, 4.69) is 5.32 Å². The summed E-state index contributed by atoms with van der Waals surface area (Å²) in [6.45, 7) is 2.90. The van der Waals surface area contributed by atoms with Crippen molar-refractivity contribution in [3.8, 4) is 11.5 Å². The molecular weight excluding hydrogens is 464 g/mol. The molecule has 1 heterocycles. The van der Waals surface area contributed by atoms with Crippen LogP contribution in [0.4, 0.5) is 0 Å². The molecule has 8 heteroatoms. The fourth-order valence-corrected chi connectivity index (χ4v) is 5.78. The second-order valence-corrected chi connectivity index (χ2v) is 10.5. The van der Waals surface area contributed by atoms with E-state index in [4.69, 9.17) is 9.47 Å². The lowest BCUT2D eigenvalue weighted by atomic mass is 10.1. The van der Waals surface area contributed by atoms with Crippen LogP contribution in [-0.4, -0.2) is 38.3 Å². The Morgan fingerprint density at radius 1 is 1.00 bits per heavy atom. The normalized spacial score (nSPS) is 16.1. The number of sulfonamides is 1. The molecule has 1 amide bonds. The molecule has 1 aliphatic rings. The first kappa shape index (κ1) is 24.8. The predicted octanol–water partition coefficient (Wildman–Crippen LogP) is 4.05. The van der Waals surface area contributed by atoms with Crippen molar-refractivity contribution < 1.29 is 22.7 Å². The maximum absolute atomic E-state index is 13.1. The van der Waals surface area contributed by atoms with Crippen LogP contribution in [0.3, 0.4) is 0 Å². The molecule has 1 N–H and O–H groups in total. The third-order valence-electron chi connectivity index (χ3n) is 6.07. The fourth-order valence-electron chi connectivity index (χ4n) is 4.12. The molecule has 35 heavy (non-hydrogen) atoms. The van der Waals surface area contributed by atoms with Crippen LogP contribution in [0, 0.1) is 6.92 Å². The van der Waals surface area contributed by atoms with Crippen molar-refractivity contribution in [1.82, 2.24) is 9.62 Å². The molecule has 1 atom stereocenters. The van der Waals surface area contributed by atoms with Gasteiger partial charge in [-0.3, -0.25) is 4.79 Å². The highest BCUT2D eigenvalue weighted by Gasteiger charge is 2.39. The summed E-state index contributed by atoms with van der Waals surface area (Å²) < 4.78 is 39.0. The average Bonchev–Trinajstić information content (AvgIpc) is 3.38. The van der Waals surface area contributed by atoms with E-state index >= 15 is 0 Å². The molecule has 0 saturated carbocycles. The number of aryl methyl sites for hydroxylation is 1. The lowest BCUT2D eigenvalue weighted by Crippen LogP contribution is -2.45. The fraction of sp³-hybridized carbons (Fsp3) is 0.296. The van der Waals surface area contributed by atoms with Crippen molar-refractivity contribution in [3.63, 3.8) is 0 Å². The van der Waals surface area contributed by atoms with E-state index in [-0.39, 0.29) is 17.3 Å². The van der Waals surface area contributed by atoms with Gasteiger partial charge in [0.2, 0.25) is 15.9 Å². The van der Waals surface area contributed by atoms with Gasteiger partial charge in [0.05, 0.1) is 12.0 Å². The van der Waals surface area contributed by atoms with Crippen LogP contribution >= 0.6 is 0 Å². The average molecular weight is 495 g/mol. The van der Waals surface area contributed by atoms with Gasteiger partial charge in [-0.1, -0.05) is 54.1 Å². The van der Waals surface area contributed by atoms with Crippen molar-refractivity contribution in [2.24, 2.45) is 0 Å². The Kier molecular flexibility index (Phi) is 7.73. The molecule has 0 aromatic heterocycles. The molecule has 0 unspecified atom stereocenters. The zero-order valence-electron chi connectivity index (χ0n) is 19.9. The summed E-state index contributed by atoms with van der Waals surface area (Å²) in [7, 11) is -2.17. The number of hydrogen-bond donors (Lipinski definition) is 1. The van der Waals surface area contributed by atoms with Gasteiger partial charge in [0.1, 0.15) is 12.6 Å². The standard InChI is InChI=1S/C27H30N2O5S/c1-20-10-13-23(14-11-20)35(31,32)29-16-6-9-24(29)27(30)28-18-22-12-15-25(26(17-22)33-2)34-19-21-7-4-3-5-8-21/h3-5,7-8,10-15,17,24H,6,9,16,18-19H2,1-2H3,(H,28,30)/t24-/m0/s1. The first-order chi connectivity index (χ1) is 16.9. The van der Waals surface area contributed by atoms with Crippen molar-refractivity contribution >= 4 is 15.9 Å². The lowest BCUT2D eigenvalue weighted by Gasteiger charge is -2.23. The van der Waals surface area contributed by atoms with Crippen molar-refractivity contribution in [2.75, 3.05) is 13.7 Å². The van der Waals surface area contributed by atoms with Gasteiger partial charge >= 0.3 is 0 Å². The van der Waals surface area contributed by atoms with Crippen molar-refractivity contribution in [1.29, 1.82) is 0 Å². The maximum atomic E-state index is 13.1. The molecule has 3 aromatic rings. The summed E-state index contributed by atoms with van der Waals surface area (Å²) in [6.07, 6.45) is 1.14. The number of hydrogen-bond acceptors (Lipinski definition) is 5. The summed E-state index contributed by atoms with van der Waals surface area (Å²) in [5.41, 5.74) is 2.85. The van der Waals surface area contributed by atoms with Gasteiger partial charge in [0.15, 0.2) is 11.5 Å². The van der Waals surface area contributed by atoms with Crippen LogP contribution < -0.4 is 14.8 Å². The van der Waals surface area contributed by atoms with Crippen molar-refractivity contribution in [2.45, 2.75) is 43.9 Å². The minimum Gasteiger partial charge on any atom is -0.493 e. The molecule has 1 fully saturated rings. The molecule has 0 aliphatic carbocycles. The number of benzene rings is 3. The van der Waals surface area contributed by atoms with E-state index in [0.717, 1.165) is 16.7 Å². The van der Waals surface area contributed by atoms with E-state index in [1.54, 1.807) is 31.4 Å². The van der Waals surface area contributed by atoms with E-state index in [1.807, 2.05) is 55.5 Å². The number of carbonyl (C=O) groups is 1. The van der Waals surface area contributed by atoms with Crippen LogP contribution in [0.1, 0.15) is 29.5 Å². The van der Waals surface area contributed by atoms with E-state index in [1.165, 1.54) is 4.31 Å². The third-order valence-corrected chi connectivity index (χ3v) is 7.99. The number of methoxy groups -OCH3 is 1. The molecule has 0 bridgehead atoms. The topological polar surface area (TPSA) is 84.9 Å². The quantitative estimate of drug-likeness (QED) is 0.485. The Labute approximate surface area is 206 Å². The van der Waals surface area contributed by atoms with E-state index < -0.39 is 16.1 Å². The molecule has 0 spiro atoms. The molecule has 3 aromatic carbocycles. The molecule has 184 valence electrons. The number of nitrogens with zero attached hydrogens (tertiary/aromatic N) is 1. The summed E-state index contributed by atoms with van der Waals surface area (Å²) in [5, 5.41) is 2.89. The van der Waals surface area contributed by atoms with Gasteiger partial charge in [-0.2, -0.15) is 4.31 Å². The third kappa shape index (κ3) is 5.83. The number of carbonyl (C=O) groups excluding carboxylic acids is 1. The number of ether oxygens (including phenoxy) is 2. The molecular formula is C27H30N2O5S. The number of rotatable bonds is 9. The number of nitrogens with one attached hydrogen (secondary N) is 1. The highest BCUT2D eigenvalue weighted by molar-refractivity contribution is 7.89. The Bertz CT molecular complexity index is 1260. The largest absolute Gasteiger partial charge is 0.493 e. The highest BCUT2D eigenvalue weighted by atomic mass is 32.2. The van der Waals surface area contributed by atoms with Crippen LogP contribution in [0.15, 0.2) is 77.7 Å². The summed E-state index contributed by atoms with van der Waals surface area (Å²) in [4.78, 5) is 13.2. The lowest BCUT2D eigenvalue weighted by molar-refractivity contribution is -0.124. The van der Waals surface area contributed by atoms with Gasteiger partial charge < -0.3 is 14.8 Å². The SMILES string of the molecule is COc1cc(CNC(=O)[C@@H]2CCCN2S(=O)(=O)c2ccc(C)cc2)ccc1OCc1ccccc1. The molecule has 1 saturated heterocycles. The Balaban J connectivity index is 1.39. The van der Waals surface area contributed by atoms with E-state index in [9.17, 15) is 13.2 Å². The highest BCUT2D eigenvalue weighted by Crippen LogP contribution is 2.29. The van der Waals surface area contributed by atoms with Gasteiger partial charge in [0, 0.05) is 13.1 Å². The van der Waals surface area contributed by atoms with E-state index in [0.29, 0.717) is 37.5 Å². The minimum absolute atomic E-state index is 0.207. The predicted molar refractivity (Wildman–Crippen MR) is 134 cm³/mol. The first-order valence-electron chi connectivity index (χ1n) is 11.6. The zero-order valence-corrected chi connectivity index (χ0v) is 20.8.